The van der Waals surface area contributed by atoms with Crippen molar-refractivity contribution in [2.75, 3.05) is 11.5 Å². The van der Waals surface area contributed by atoms with E-state index in [1.54, 1.807) is 4.68 Å². The van der Waals surface area contributed by atoms with Crippen LogP contribution in [-0.2, 0) is 0 Å². The van der Waals surface area contributed by atoms with Gasteiger partial charge in [-0.15, -0.1) is 0 Å². The zero-order chi connectivity index (χ0) is 16.7. The summed E-state index contributed by atoms with van der Waals surface area (Å²) in [5.41, 5.74) is 14.7. The van der Waals surface area contributed by atoms with Gasteiger partial charge in [-0.1, -0.05) is 17.7 Å². The third-order valence-electron chi connectivity index (χ3n) is 3.36. The van der Waals surface area contributed by atoms with Crippen molar-refractivity contribution in [1.29, 1.82) is 0 Å². The molecule has 0 atom stereocenters. The molecule has 0 aliphatic heterocycles. The Morgan fingerprint density at radius 2 is 1.74 bits per heavy atom. The van der Waals surface area contributed by atoms with Gasteiger partial charge in [0.1, 0.15) is 17.5 Å². The number of aryl methyl sites for hydroxylation is 2. The number of hydrogen-bond donors (Lipinski definition) is 2. The van der Waals surface area contributed by atoms with Gasteiger partial charge in [-0.3, -0.25) is 0 Å². The molecule has 0 bridgehead atoms. The number of benzene rings is 1. The predicted molar refractivity (Wildman–Crippen MR) is 87.9 cm³/mol. The van der Waals surface area contributed by atoms with Crippen molar-refractivity contribution in [1.82, 2.24) is 19.7 Å². The number of anilines is 2. The van der Waals surface area contributed by atoms with E-state index in [0.717, 1.165) is 11.4 Å². The number of nitrogens with two attached hydrogens (primary N) is 2. The first kappa shape index (κ1) is 15.2. The summed E-state index contributed by atoms with van der Waals surface area (Å²) in [4.78, 5) is 8.51. The molecule has 3 rings (SSSR count). The van der Waals surface area contributed by atoms with E-state index in [0.29, 0.717) is 11.1 Å². The lowest BCUT2D eigenvalue weighted by molar-refractivity contribution is 0.628. The number of nitrogen functional groups attached to an aromatic ring is 2. The Balaban J connectivity index is 2.14. The molecule has 2 aromatic heterocycles. The summed E-state index contributed by atoms with van der Waals surface area (Å²) in [5.74, 6) is 0.0979. The van der Waals surface area contributed by atoms with Crippen LogP contribution in [0.15, 0.2) is 24.3 Å². The fraction of sp³-hybridized carbons (Fsp3) is 0.133. The van der Waals surface area contributed by atoms with Gasteiger partial charge in [0.05, 0.1) is 16.3 Å². The molecule has 0 aliphatic carbocycles. The van der Waals surface area contributed by atoms with Crippen LogP contribution >= 0.6 is 11.6 Å². The molecule has 3 aromatic rings. The van der Waals surface area contributed by atoms with Crippen molar-refractivity contribution < 1.29 is 4.39 Å². The number of nitrogens with zero attached hydrogens (tertiary/aromatic N) is 4. The number of halogens is 2. The van der Waals surface area contributed by atoms with E-state index in [-0.39, 0.29) is 22.6 Å². The van der Waals surface area contributed by atoms with Gasteiger partial charge in [-0.2, -0.15) is 15.1 Å². The molecule has 0 spiro atoms. The second kappa shape index (κ2) is 5.51. The van der Waals surface area contributed by atoms with E-state index in [1.807, 2.05) is 19.9 Å². The minimum Gasteiger partial charge on any atom is -0.383 e. The third-order valence-corrected chi connectivity index (χ3v) is 3.65. The van der Waals surface area contributed by atoms with Crippen LogP contribution in [0, 0.1) is 19.7 Å². The largest absolute Gasteiger partial charge is 0.383 e. The minimum atomic E-state index is -0.521. The Hall–Kier alpha value is -2.67. The van der Waals surface area contributed by atoms with Crippen LogP contribution < -0.4 is 11.5 Å². The topological polar surface area (TPSA) is 95.6 Å². The standard InChI is InChI=1S/C15H14ClFN6/c1-7-5-8(2)23(22-7)15-20-13(18)12(14(19)21-15)9-3-4-11(17)10(16)6-9/h3-6H,1-2H3,(H4,18,19,20,21). The molecule has 23 heavy (non-hydrogen) atoms. The van der Waals surface area contributed by atoms with Gasteiger partial charge < -0.3 is 11.5 Å². The van der Waals surface area contributed by atoms with E-state index in [4.69, 9.17) is 23.1 Å². The molecule has 118 valence electrons. The van der Waals surface area contributed by atoms with Crippen LogP contribution in [0.5, 0.6) is 0 Å². The lowest BCUT2D eigenvalue weighted by Crippen LogP contribution is -2.11. The van der Waals surface area contributed by atoms with Gasteiger partial charge in [-0.05, 0) is 37.6 Å². The molecule has 0 saturated carbocycles. The zero-order valence-electron chi connectivity index (χ0n) is 12.5. The van der Waals surface area contributed by atoms with Crippen molar-refractivity contribution in [3.63, 3.8) is 0 Å². The van der Waals surface area contributed by atoms with Crippen molar-refractivity contribution in [2.24, 2.45) is 0 Å². The van der Waals surface area contributed by atoms with Crippen molar-refractivity contribution in [2.45, 2.75) is 13.8 Å². The first-order valence-electron chi connectivity index (χ1n) is 6.79. The van der Waals surface area contributed by atoms with Gasteiger partial charge in [0.25, 0.3) is 5.95 Å². The third kappa shape index (κ3) is 2.70. The number of hydrogen-bond acceptors (Lipinski definition) is 5. The SMILES string of the molecule is Cc1cc(C)n(-c2nc(N)c(-c3ccc(F)c(Cl)c3)c(N)n2)n1. The Kier molecular flexibility index (Phi) is 3.65. The van der Waals surface area contributed by atoms with Crippen LogP contribution in [-0.4, -0.2) is 19.7 Å². The Morgan fingerprint density at radius 1 is 1.09 bits per heavy atom. The molecule has 0 aliphatic rings. The highest BCUT2D eigenvalue weighted by molar-refractivity contribution is 6.31. The molecule has 4 N–H and O–H groups in total. The van der Waals surface area contributed by atoms with Crippen molar-refractivity contribution >= 4 is 23.2 Å². The van der Waals surface area contributed by atoms with Crippen LogP contribution in [0.3, 0.4) is 0 Å². The second-order valence-corrected chi connectivity index (χ2v) is 5.54. The average Bonchev–Trinajstić information content (AvgIpc) is 2.81. The van der Waals surface area contributed by atoms with E-state index in [2.05, 4.69) is 15.1 Å². The van der Waals surface area contributed by atoms with Gasteiger partial charge in [0, 0.05) is 5.69 Å². The Labute approximate surface area is 136 Å². The Bertz CT molecular complexity index is 882. The normalized spacial score (nSPS) is 11.0. The van der Waals surface area contributed by atoms with E-state index in [1.165, 1.54) is 18.2 Å². The molecule has 8 heteroatoms. The molecular formula is C15H14ClFN6. The van der Waals surface area contributed by atoms with Gasteiger partial charge in [0.2, 0.25) is 0 Å². The maximum Gasteiger partial charge on any atom is 0.254 e. The fourth-order valence-electron chi connectivity index (χ4n) is 2.36. The highest BCUT2D eigenvalue weighted by Crippen LogP contribution is 2.32. The van der Waals surface area contributed by atoms with Crippen molar-refractivity contribution in [3.8, 4) is 17.1 Å². The minimum absolute atomic E-state index is 0.0241. The molecule has 0 amide bonds. The molecule has 0 unspecified atom stereocenters. The average molecular weight is 333 g/mol. The van der Waals surface area contributed by atoms with Crippen LogP contribution in [0.4, 0.5) is 16.0 Å². The number of rotatable bonds is 2. The van der Waals surface area contributed by atoms with E-state index in [9.17, 15) is 4.39 Å². The predicted octanol–water partition coefficient (Wildman–Crippen LogP) is 2.90. The summed E-state index contributed by atoms with van der Waals surface area (Å²) >= 11 is 5.81. The molecule has 6 nitrogen and oxygen atoms in total. The quantitative estimate of drug-likeness (QED) is 0.752. The fourth-order valence-corrected chi connectivity index (χ4v) is 2.54. The number of aromatic nitrogens is 4. The summed E-state index contributed by atoms with van der Waals surface area (Å²) in [6.45, 7) is 3.74. The monoisotopic (exact) mass is 332 g/mol. The van der Waals surface area contributed by atoms with Gasteiger partial charge >= 0.3 is 0 Å². The summed E-state index contributed by atoms with van der Waals surface area (Å²) in [6.07, 6.45) is 0. The lowest BCUT2D eigenvalue weighted by atomic mass is 10.1. The highest BCUT2D eigenvalue weighted by atomic mass is 35.5. The maximum atomic E-state index is 13.3. The van der Waals surface area contributed by atoms with Crippen LogP contribution in [0.25, 0.3) is 17.1 Å². The van der Waals surface area contributed by atoms with Crippen LogP contribution in [0.1, 0.15) is 11.4 Å². The summed E-state index contributed by atoms with van der Waals surface area (Å²) < 4.78 is 14.9. The molecule has 0 radical (unpaired) electrons. The Morgan fingerprint density at radius 3 is 2.26 bits per heavy atom. The maximum absolute atomic E-state index is 13.3. The molecule has 0 saturated heterocycles. The molecule has 0 fully saturated rings. The second-order valence-electron chi connectivity index (χ2n) is 5.14. The smallest absolute Gasteiger partial charge is 0.254 e. The lowest BCUT2D eigenvalue weighted by Gasteiger charge is -2.11. The molecule has 1 aromatic carbocycles. The highest BCUT2D eigenvalue weighted by Gasteiger charge is 2.16. The van der Waals surface area contributed by atoms with Crippen LogP contribution in [0.2, 0.25) is 5.02 Å². The molecule has 2 heterocycles. The molecular weight excluding hydrogens is 319 g/mol. The first-order valence-corrected chi connectivity index (χ1v) is 7.16. The zero-order valence-corrected chi connectivity index (χ0v) is 13.3. The van der Waals surface area contributed by atoms with E-state index < -0.39 is 5.82 Å². The van der Waals surface area contributed by atoms with E-state index >= 15 is 0 Å². The summed E-state index contributed by atoms with van der Waals surface area (Å²) in [7, 11) is 0. The summed E-state index contributed by atoms with van der Waals surface area (Å²) in [5, 5.41) is 4.28. The van der Waals surface area contributed by atoms with Gasteiger partial charge in [-0.25, -0.2) is 9.07 Å². The van der Waals surface area contributed by atoms with Gasteiger partial charge in [0.15, 0.2) is 0 Å². The summed E-state index contributed by atoms with van der Waals surface area (Å²) in [6, 6.07) is 6.09. The van der Waals surface area contributed by atoms with Crippen molar-refractivity contribution in [3.05, 3.63) is 46.5 Å². The first-order chi connectivity index (χ1) is 10.9.